The van der Waals surface area contributed by atoms with E-state index in [1.165, 1.54) is 7.11 Å². The Bertz CT molecular complexity index is 525. The number of carbonyl (C=O) groups is 1. The molecule has 0 spiro atoms. The summed E-state index contributed by atoms with van der Waals surface area (Å²) in [5.74, 6) is 0.135. The highest BCUT2D eigenvalue weighted by molar-refractivity contribution is 9.10. The van der Waals surface area contributed by atoms with Gasteiger partial charge in [-0.25, -0.2) is 4.98 Å². The van der Waals surface area contributed by atoms with E-state index in [0.29, 0.717) is 10.4 Å². The molecule has 0 fully saturated rings. The first-order valence-corrected chi connectivity index (χ1v) is 7.94. The molecule has 0 radical (unpaired) electrons. The van der Waals surface area contributed by atoms with Gasteiger partial charge in [-0.05, 0) is 53.7 Å². The number of nitrogens with zero attached hydrogens (tertiary/aromatic N) is 1. The molecular weight excluding hydrogens is 348 g/mol. The fraction of sp³-hybridized carbons (Fsp3) is 0.625. The number of aromatic nitrogens is 1. The number of amides is 1. The topological polar surface area (TPSA) is 60.5 Å². The number of ether oxygens (including phenoxy) is 2. The number of carbonyl (C=O) groups excluding carboxylic acids is 1. The molecule has 0 bridgehead atoms. The second-order valence-corrected chi connectivity index (χ2v) is 7.92. The summed E-state index contributed by atoms with van der Waals surface area (Å²) >= 11 is 3.28. The molecule has 0 unspecified atom stereocenters. The fourth-order valence-corrected chi connectivity index (χ4v) is 2.87. The monoisotopic (exact) mass is 372 g/mol. The van der Waals surface area contributed by atoms with Crippen molar-refractivity contribution < 1.29 is 14.3 Å². The van der Waals surface area contributed by atoms with Gasteiger partial charge in [0.05, 0.1) is 0 Å². The summed E-state index contributed by atoms with van der Waals surface area (Å²) < 4.78 is 10.9. The molecule has 1 aromatic rings. The van der Waals surface area contributed by atoms with Gasteiger partial charge in [-0.2, -0.15) is 0 Å². The van der Waals surface area contributed by atoms with E-state index in [1.807, 2.05) is 13.8 Å². The average Bonchev–Trinajstić information content (AvgIpc) is 2.33. The molecule has 0 atom stereocenters. The van der Waals surface area contributed by atoms with E-state index < -0.39 is 0 Å². The van der Waals surface area contributed by atoms with Crippen molar-refractivity contribution in [2.24, 2.45) is 5.41 Å². The van der Waals surface area contributed by atoms with Crippen LogP contribution < -0.4 is 10.1 Å². The van der Waals surface area contributed by atoms with E-state index in [1.54, 1.807) is 12.1 Å². The van der Waals surface area contributed by atoms with E-state index in [2.05, 4.69) is 47.0 Å². The van der Waals surface area contributed by atoms with Gasteiger partial charge in [0, 0.05) is 12.6 Å². The summed E-state index contributed by atoms with van der Waals surface area (Å²) in [6, 6.07) is 3.42. The predicted molar refractivity (Wildman–Crippen MR) is 90.1 cm³/mol. The van der Waals surface area contributed by atoms with E-state index in [-0.39, 0.29) is 29.3 Å². The Morgan fingerprint density at radius 2 is 1.91 bits per heavy atom. The Balaban J connectivity index is 2.94. The zero-order valence-corrected chi connectivity index (χ0v) is 15.7. The maximum absolute atomic E-state index is 12.6. The molecule has 0 saturated carbocycles. The normalized spacial score (nSPS) is 12.1. The molecular formula is C16H25BrN2O3. The molecule has 124 valence electrons. The van der Waals surface area contributed by atoms with Crippen LogP contribution in [0.1, 0.15) is 51.5 Å². The minimum absolute atomic E-state index is 0.0645. The molecule has 1 heterocycles. The quantitative estimate of drug-likeness (QED) is 0.609. The second-order valence-electron chi connectivity index (χ2n) is 7.11. The largest absolute Gasteiger partial charge is 0.465 e. The molecule has 1 rings (SSSR count). The molecule has 1 aromatic heterocycles. The minimum atomic E-state index is -0.349. The van der Waals surface area contributed by atoms with E-state index in [4.69, 9.17) is 9.47 Å². The Hall–Kier alpha value is -1.14. The number of nitrogens with one attached hydrogen (secondary N) is 1. The predicted octanol–water partition coefficient (Wildman–Crippen LogP) is 3.77. The highest BCUT2D eigenvalue weighted by Gasteiger charge is 2.29. The van der Waals surface area contributed by atoms with Crippen molar-refractivity contribution in [1.29, 1.82) is 0 Å². The smallest absolute Gasteiger partial charge is 0.274 e. The first-order valence-electron chi connectivity index (χ1n) is 7.15. The Morgan fingerprint density at radius 1 is 1.27 bits per heavy atom. The average molecular weight is 373 g/mol. The van der Waals surface area contributed by atoms with Gasteiger partial charge < -0.3 is 14.8 Å². The van der Waals surface area contributed by atoms with E-state index in [0.717, 1.165) is 6.42 Å². The van der Waals surface area contributed by atoms with Gasteiger partial charge in [-0.15, -0.1) is 0 Å². The van der Waals surface area contributed by atoms with Gasteiger partial charge >= 0.3 is 0 Å². The third-order valence-corrected chi connectivity index (χ3v) is 3.24. The molecule has 0 aliphatic rings. The fourth-order valence-electron chi connectivity index (χ4n) is 2.56. The summed E-state index contributed by atoms with van der Waals surface area (Å²) in [5.41, 5.74) is 0.00255. The zero-order chi connectivity index (χ0) is 17.0. The van der Waals surface area contributed by atoms with Gasteiger partial charge in [0.25, 0.3) is 5.91 Å². The third kappa shape index (κ3) is 6.32. The zero-order valence-electron chi connectivity index (χ0n) is 14.1. The Labute approximate surface area is 140 Å². The van der Waals surface area contributed by atoms with Crippen LogP contribution in [0.5, 0.6) is 5.75 Å². The van der Waals surface area contributed by atoms with Crippen LogP contribution in [0.3, 0.4) is 0 Å². The van der Waals surface area contributed by atoms with Crippen molar-refractivity contribution in [3.63, 3.8) is 0 Å². The highest BCUT2D eigenvalue weighted by Crippen LogP contribution is 2.28. The Morgan fingerprint density at radius 3 is 2.45 bits per heavy atom. The molecule has 1 amide bonds. The van der Waals surface area contributed by atoms with Crippen molar-refractivity contribution in [3.8, 4) is 5.75 Å². The lowest BCUT2D eigenvalue weighted by Gasteiger charge is -2.33. The maximum atomic E-state index is 12.6. The molecule has 0 aromatic carbocycles. The summed E-state index contributed by atoms with van der Waals surface area (Å²) in [6.45, 7) is 10.5. The van der Waals surface area contributed by atoms with Gasteiger partial charge in [-0.1, -0.05) is 20.8 Å². The molecule has 0 aliphatic carbocycles. The van der Waals surface area contributed by atoms with Crippen molar-refractivity contribution >= 4 is 21.8 Å². The second kappa shape index (κ2) is 7.42. The lowest BCUT2D eigenvalue weighted by Crippen LogP contribution is -2.46. The van der Waals surface area contributed by atoms with Crippen LogP contribution in [0.2, 0.25) is 0 Å². The van der Waals surface area contributed by atoms with Crippen LogP contribution in [-0.4, -0.2) is 30.3 Å². The van der Waals surface area contributed by atoms with Crippen LogP contribution in [0.4, 0.5) is 0 Å². The lowest BCUT2D eigenvalue weighted by atomic mass is 9.82. The molecule has 6 heteroatoms. The lowest BCUT2D eigenvalue weighted by molar-refractivity contribution is 0.0495. The van der Waals surface area contributed by atoms with Crippen molar-refractivity contribution in [1.82, 2.24) is 10.3 Å². The molecule has 0 aliphatic heterocycles. The van der Waals surface area contributed by atoms with Crippen LogP contribution in [0.15, 0.2) is 16.7 Å². The van der Waals surface area contributed by atoms with Crippen molar-refractivity contribution in [3.05, 3.63) is 22.4 Å². The number of pyridine rings is 1. The third-order valence-electron chi connectivity index (χ3n) is 2.80. The molecule has 5 nitrogen and oxygen atoms in total. The minimum Gasteiger partial charge on any atom is -0.465 e. The van der Waals surface area contributed by atoms with Crippen LogP contribution >= 0.6 is 15.9 Å². The summed E-state index contributed by atoms with van der Waals surface area (Å²) in [6.07, 6.45) is 0.841. The van der Waals surface area contributed by atoms with Gasteiger partial charge in [0.1, 0.15) is 4.60 Å². The first-order chi connectivity index (χ1) is 10.0. The SMILES string of the molecule is COCOc1ccc(Br)nc1C(=O)NC(C)(C)CC(C)(C)C. The summed E-state index contributed by atoms with van der Waals surface area (Å²) in [7, 11) is 1.53. The summed E-state index contributed by atoms with van der Waals surface area (Å²) in [4.78, 5) is 16.8. The maximum Gasteiger partial charge on any atom is 0.274 e. The van der Waals surface area contributed by atoms with E-state index >= 15 is 0 Å². The number of hydrogen-bond donors (Lipinski definition) is 1. The van der Waals surface area contributed by atoms with Crippen LogP contribution in [0, 0.1) is 5.41 Å². The number of hydrogen-bond acceptors (Lipinski definition) is 4. The molecule has 1 N–H and O–H groups in total. The van der Waals surface area contributed by atoms with E-state index in [9.17, 15) is 4.79 Å². The number of halogens is 1. The standard InChI is InChI=1S/C16H25BrN2O3/c1-15(2,3)9-16(4,5)19-14(20)13-11(22-10-21-6)7-8-12(17)18-13/h7-8H,9-10H2,1-6H3,(H,19,20). The molecule has 22 heavy (non-hydrogen) atoms. The van der Waals surface area contributed by atoms with Gasteiger partial charge in [-0.3, -0.25) is 4.79 Å². The van der Waals surface area contributed by atoms with Gasteiger partial charge in [0.15, 0.2) is 18.2 Å². The highest BCUT2D eigenvalue weighted by atomic mass is 79.9. The number of methoxy groups -OCH3 is 1. The van der Waals surface area contributed by atoms with Crippen LogP contribution in [-0.2, 0) is 4.74 Å². The van der Waals surface area contributed by atoms with Crippen LogP contribution in [0.25, 0.3) is 0 Å². The molecule has 0 saturated heterocycles. The van der Waals surface area contributed by atoms with Crippen molar-refractivity contribution in [2.75, 3.05) is 13.9 Å². The van der Waals surface area contributed by atoms with Crippen molar-refractivity contribution in [2.45, 2.75) is 46.6 Å². The Kier molecular flexibility index (Phi) is 6.38. The van der Waals surface area contributed by atoms with Gasteiger partial charge in [0.2, 0.25) is 0 Å². The first kappa shape index (κ1) is 18.9. The summed E-state index contributed by atoms with van der Waals surface area (Å²) in [5, 5.41) is 3.03. The number of rotatable bonds is 6.